The van der Waals surface area contributed by atoms with Crippen LogP contribution >= 0.6 is 22.9 Å². The molecule has 0 unspecified atom stereocenters. The summed E-state index contributed by atoms with van der Waals surface area (Å²) in [5.41, 5.74) is 1.14. The van der Waals surface area contributed by atoms with E-state index in [4.69, 9.17) is 11.6 Å². The van der Waals surface area contributed by atoms with Crippen molar-refractivity contribution in [2.45, 2.75) is 18.7 Å². The predicted octanol–water partition coefficient (Wildman–Crippen LogP) is 4.74. The van der Waals surface area contributed by atoms with Crippen LogP contribution < -0.4 is 4.90 Å². The van der Waals surface area contributed by atoms with E-state index < -0.39 is 9.84 Å². The third-order valence-electron chi connectivity index (χ3n) is 5.11. The topological polar surface area (TPSA) is 70.6 Å². The van der Waals surface area contributed by atoms with Gasteiger partial charge < -0.3 is 4.90 Å². The van der Waals surface area contributed by atoms with E-state index in [0.29, 0.717) is 28.8 Å². The number of benzene rings is 2. The molecule has 0 aliphatic carbocycles. The molecule has 0 radical (unpaired) electrons. The maximum atomic E-state index is 13.2. The Balaban J connectivity index is 1.99. The second-order valence-corrected chi connectivity index (χ2v) is 10.6. The first-order chi connectivity index (χ1) is 15.2. The fourth-order valence-electron chi connectivity index (χ4n) is 3.27. The first kappa shape index (κ1) is 24.4. The van der Waals surface area contributed by atoms with Gasteiger partial charge in [-0.3, -0.25) is 9.69 Å². The van der Waals surface area contributed by atoms with Gasteiger partial charge in [0.2, 0.25) is 0 Å². The summed E-state index contributed by atoms with van der Waals surface area (Å²) in [6.45, 7) is 6.99. The molecule has 6 nitrogen and oxygen atoms in total. The van der Waals surface area contributed by atoms with Crippen LogP contribution in [0.4, 0.5) is 5.13 Å². The van der Waals surface area contributed by atoms with Crippen molar-refractivity contribution in [3.05, 3.63) is 59.1 Å². The molecule has 0 saturated carbocycles. The van der Waals surface area contributed by atoms with E-state index in [1.807, 2.05) is 24.3 Å². The lowest BCUT2D eigenvalue weighted by atomic mass is 10.2. The van der Waals surface area contributed by atoms with E-state index in [1.165, 1.54) is 17.4 Å². The van der Waals surface area contributed by atoms with Crippen LogP contribution in [0.25, 0.3) is 16.3 Å². The number of hydrogen-bond acceptors (Lipinski definition) is 6. The van der Waals surface area contributed by atoms with Crippen LogP contribution in [0, 0.1) is 0 Å². The third-order valence-corrected chi connectivity index (χ3v) is 7.63. The minimum absolute atomic E-state index is 0.167. The number of para-hydroxylation sites is 1. The molecule has 1 heterocycles. The van der Waals surface area contributed by atoms with E-state index >= 15 is 0 Å². The SMILES string of the molecule is CCN(CC)CCN(C(=O)C=Cc1ccccc1Cl)c1nc2c(S(C)(=O)=O)cccc2s1. The van der Waals surface area contributed by atoms with Crippen molar-refractivity contribution in [2.24, 2.45) is 0 Å². The lowest BCUT2D eigenvalue weighted by Gasteiger charge is -2.23. The number of halogens is 1. The van der Waals surface area contributed by atoms with Crippen molar-refractivity contribution >= 4 is 60.1 Å². The maximum Gasteiger partial charge on any atom is 0.252 e. The van der Waals surface area contributed by atoms with E-state index in [9.17, 15) is 13.2 Å². The molecule has 0 bridgehead atoms. The first-order valence-electron chi connectivity index (χ1n) is 10.3. The molecule has 170 valence electrons. The Kier molecular flexibility index (Phi) is 8.05. The van der Waals surface area contributed by atoms with Crippen molar-refractivity contribution in [1.82, 2.24) is 9.88 Å². The molecule has 0 atom stereocenters. The Morgan fingerprint density at radius 2 is 1.81 bits per heavy atom. The van der Waals surface area contributed by atoms with Crippen molar-refractivity contribution in [2.75, 3.05) is 37.3 Å². The summed E-state index contributed by atoms with van der Waals surface area (Å²) in [4.78, 5) is 21.8. The average Bonchev–Trinajstić information content (AvgIpc) is 3.19. The van der Waals surface area contributed by atoms with Crippen molar-refractivity contribution in [1.29, 1.82) is 0 Å². The molecule has 1 aromatic heterocycles. The molecule has 0 saturated heterocycles. The summed E-state index contributed by atoms with van der Waals surface area (Å²) >= 11 is 7.51. The van der Waals surface area contributed by atoms with Crippen LogP contribution in [-0.2, 0) is 14.6 Å². The Morgan fingerprint density at radius 1 is 1.09 bits per heavy atom. The van der Waals surface area contributed by atoms with Crippen molar-refractivity contribution in [3.63, 3.8) is 0 Å². The highest BCUT2D eigenvalue weighted by atomic mass is 35.5. The number of fused-ring (bicyclic) bond motifs is 1. The number of rotatable bonds is 9. The van der Waals surface area contributed by atoms with Gasteiger partial charge in [0.15, 0.2) is 15.0 Å². The highest BCUT2D eigenvalue weighted by Gasteiger charge is 2.22. The number of carbonyl (C=O) groups is 1. The Hall–Kier alpha value is -2.26. The molecule has 0 aliphatic heterocycles. The summed E-state index contributed by atoms with van der Waals surface area (Å²) in [6.07, 6.45) is 4.33. The number of sulfone groups is 1. The fourth-order valence-corrected chi connectivity index (χ4v) is 5.39. The number of amides is 1. The van der Waals surface area contributed by atoms with Gasteiger partial charge in [0.25, 0.3) is 5.91 Å². The summed E-state index contributed by atoms with van der Waals surface area (Å²) in [7, 11) is -3.44. The number of hydrogen-bond donors (Lipinski definition) is 0. The summed E-state index contributed by atoms with van der Waals surface area (Å²) < 4.78 is 25.1. The smallest absolute Gasteiger partial charge is 0.252 e. The van der Waals surface area contributed by atoms with E-state index in [1.54, 1.807) is 29.2 Å². The number of anilines is 1. The summed E-state index contributed by atoms with van der Waals surface area (Å²) in [5.74, 6) is -0.239. The first-order valence-corrected chi connectivity index (χ1v) is 13.4. The fraction of sp³-hybridized carbons (Fsp3) is 0.304. The second kappa shape index (κ2) is 10.6. The van der Waals surface area contributed by atoms with Gasteiger partial charge in [-0.05, 0) is 42.9 Å². The zero-order valence-electron chi connectivity index (χ0n) is 18.3. The molecule has 0 spiro atoms. The number of thiazole rings is 1. The third kappa shape index (κ3) is 5.75. The zero-order valence-corrected chi connectivity index (χ0v) is 20.7. The highest BCUT2D eigenvalue weighted by Crippen LogP contribution is 2.33. The number of nitrogens with zero attached hydrogens (tertiary/aromatic N) is 3. The molecule has 0 aliphatic rings. The molecule has 32 heavy (non-hydrogen) atoms. The van der Waals surface area contributed by atoms with E-state index in [0.717, 1.165) is 29.6 Å². The van der Waals surface area contributed by atoms with Gasteiger partial charge in [0, 0.05) is 30.4 Å². The minimum atomic E-state index is -3.44. The quantitative estimate of drug-likeness (QED) is 0.404. The molecule has 1 amide bonds. The predicted molar refractivity (Wildman–Crippen MR) is 133 cm³/mol. The van der Waals surface area contributed by atoms with Gasteiger partial charge in [-0.15, -0.1) is 0 Å². The average molecular weight is 492 g/mol. The maximum absolute atomic E-state index is 13.2. The molecular weight excluding hydrogens is 466 g/mol. The standard InChI is InChI=1S/C23H26ClN3O3S2/c1-4-26(5-2)15-16-27(21(28)14-13-17-9-6-7-10-18(17)24)23-25-22-19(31-23)11-8-12-20(22)32(3,29)30/h6-14H,4-5,15-16H2,1-3H3. The molecule has 0 fully saturated rings. The highest BCUT2D eigenvalue weighted by molar-refractivity contribution is 7.91. The Morgan fingerprint density at radius 3 is 2.47 bits per heavy atom. The van der Waals surface area contributed by atoms with Crippen LogP contribution in [0.15, 0.2) is 53.4 Å². The lowest BCUT2D eigenvalue weighted by molar-refractivity contribution is -0.114. The van der Waals surface area contributed by atoms with Gasteiger partial charge in [-0.25, -0.2) is 13.4 Å². The zero-order chi connectivity index (χ0) is 23.3. The Labute approximate surface area is 198 Å². The van der Waals surface area contributed by atoms with Gasteiger partial charge in [-0.1, -0.05) is 61.1 Å². The largest absolute Gasteiger partial charge is 0.302 e. The minimum Gasteiger partial charge on any atom is -0.302 e. The summed E-state index contributed by atoms with van der Waals surface area (Å²) in [5, 5.41) is 1.03. The van der Waals surface area contributed by atoms with E-state index in [2.05, 4.69) is 23.7 Å². The van der Waals surface area contributed by atoms with Gasteiger partial charge in [-0.2, -0.15) is 0 Å². The monoisotopic (exact) mass is 491 g/mol. The van der Waals surface area contributed by atoms with Crippen LogP contribution in [0.5, 0.6) is 0 Å². The molecule has 3 rings (SSSR count). The van der Waals surface area contributed by atoms with Crippen LogP contribution in [0.2, 0.25) is 5.02 Å². The van der Waals surface area contributed by atoms with Crippen LogP contribution in [-0.4, -0.2) is 56.6 Å². The number of carbonyl (C=O) groups excluding carboxylic acids is 1. The lowest BCUT2D eigenvalue weighted by Crippen LogP contribution is -2.38. The van der Waals surface area contributed by atoms with E-state index in [-0.39, 0.29) is 10.8 Å². The van der Waals surface area contributed by atoms with Crippen LogP contribution in [0.3, 0.4) is 0 Å². The normalized spacial score (nSPS) is 12.2. The van der Waals surface area contributed by atoms with Crippen LogP contribution in [0.1, 0.15) is 19.4 Å². The molecule has 0 N–H and O–H groups in total. The molecule has 2 aromatic carbocycles. The molecule has 3 aromatic rings. The second-order valence-electron chi connectivity index (χ2n) is 7.24. The van der Waals surface area contributed by atoms with Gasteiger partial charge in [0.05, 0.1) is 9.60 Å². The van der Waals surface area contributed by atoms with Crippen molar-refractivity contribution in [3.8, 4) is 0 Å². The van der Waals surface area contributed by atoms with Crippen molar-refractivity contribution < 1.29 is 13.2 Å². The van der Waals surface area contributed by atoms with Gasteiger partial charge in [0.1, 0.15) is 5.52 Å². The van der Waals surface area contributed by atoms with Gasteiger partial charge >= 0.3 is 0 Å². The summed E-state index contributed by atoms with van der Waals surface area (Å²) in [6, 6.07) is 12.3. The number of aromatic nitrogens is 1. The molecular formula is C23H26ClN3O3S2. The molecule has 9 heteroatoms. The Bertz CT molecular complexity index is 1230. The number of likely N-dealkylation sites (N-methyl/N-ethyl adjacent to an activating group) is 1.